The molecule has 0 unspecified atom stereocenters. The number of phenols is 1. The van der Waals surface area contributed by atoms with Gasteiger partial charge in [-0.3, -0.25) is 4.79 Å². The number of hydrogen-bond acceptors (Lipinski definition) is 2. The Morgan fingerprint density at radius 2 is 1.61 bits per heavy atom. The lowest BCUT2D eigenvalue weighted by Crippen LogP contribution is -2.25. The van der Waals surface area contributed by atoms with Crippen molar-refractivity contribution in [3.63, 3.8) is 0 Å². The number of carbonyl (C=O) groups excluding carboxylic acids is 1. The molecule has 2 heteroatoms. The average Bonchev–Trinajstić information content (AvgIpc) is 2.45. The molecule has 0 saturated carbocycles. The Morgan fingerprint density at radius 1 is 0.957 bits per heavy atom. The van der Waals surface area contributed by atoms with Gasteiger partial charge in [0, 0.05) is 5.56 Å². The van der Waals surface area contributed by atoms with Crippen LogP contribution in [0.3, 0.4) is 0 Å². The van der Waals surface area contributed by atoms with Gasteiger partial charge in [-0.05, 0) is 41.0 Å². The number of ketones is 1. The highest BCUT2D eigenvalue weighted by Gasteiger charge is 2.28. The molecular formula is C21H26O2. The zero-order chi connectivity index (χ0) is 17.3. The number of benzene rings is 2. The summed E-state index contributed by atoms with van der Waals surface area (Å²) in [6.07, 6.45) is 1.02. The molecule has 0 aliphatic carbocycles. The van der Waals surface area contributed by atoms with Gasteiger partial charge in [-0.25, -0.2) is 0 Å². The molecule has 0 heterocycles. The van der Waals surface area contributed by atoms with Gasteiger partial charge in [-0.2, -0.15) is 0 Å². The zero-order valence-corrected chi connectivity index (χ0v) is 14.7. The molecule has 0 aromatic heterocycles. The molecule has 0 saturated heterocycles. The summed E-state index contributed by atoms with van der Waals surface area (Å²) < 4.78 is 0. The fourth-order valence-corrected chi connectivity index (χ4v) is 3.33. The Hall–Kier alpha value is -2.09. The Morgan fingerprint density at radius 3 is 2.22 bits per heavy atom. The van der Waals surface area contributed by atoms with Crippen LogP contribution >= 0.6 is 0 Å². The van der Waals surface area contributed by atoms with E-state index in [4.69, 9.17) is 0 Å². The summed E-state index contributed by atoms with van der Waals surface area (Å²) in [6, 6.07) is 14.5. The first kappa shape index (κ1) is 17.3. The molecule has 0 spiro atoms. The van der Waals surface area contributed by atoms with Crippen molar-refractivity contribution in [2.45, 2.75) is 46.5 Å². The second-order valence-electron chi connectivity index (χ2n) is 8.05. The van der Waals surface area contributed by atoms with E-state index in [1.165, 1.54) is 0 Å². The standard InChI is InChI=1S/C21H26O2/c1-20(2,3)14-21(4,5)16-10-8-9-15(13-16)19(23)17-11-6-7-12-18(17)22/h6-13,22H,14H2,1-5H3. The van der Waals surface area contributed by atoms with Crippen LogP contribution in [0.15, 0.2) is 48.5 Å². The van der Waals surface area contributed by atoms with Crippen LogP contribution in [-0.4, -0.2) is 10.9 Å². The quantitative estimate of drug-likeness (QED) is 0.774. The van der Waals surface area contributed by atoms with Gasteiger partial charge in [-0.1, -0.05) is 65.0 Å². The minimum absolute atomic E-state index is 0.0206. The third kappa shape index (κ3) is 4.22. The fourth-order valence-electron chi connectivity index (χ4n) is 3.33. The first-order chi connectivity index (χ1) is 10.6. The minimum Gasteiger partial charge on any atom is -0.507 e. The summed E-state index contributed by atoms with van der Waals surface area (Å²) in [7, 11) is 0. The number of carbonyl (C=O) groups is 1. The topological polar surface area (TPSA) is 37.3 Å². The van der Waals surface area contributed by atoms with Crippen molar-refractivity contribution in [1.29, 1.82) is 0 Å². The van der Waals surface area contributed by atoms with Gasteiger partial charge in [0.05, 0.1) is 5.56 Å². The highest BCUT2D eigenvalue weighted by molar-refractivity contribution is 6.10. The molecule has 1 N–H and O–H groups in total. The summed E-state index contributed by atoms with van der Waals surface area (Å²) in [6.45, 7) is 11.1. The summed E-state index contributed by atoms with van der Waals surface area (Å²) >= 11 is 0. The van der Waals surface area contributed by atoms with E-state index in [0.29, 0.717) is 11.1 Å². The minimum atomic E-state index is -0.142. The van der Waals surface area contributed by atoms with Crippen LogP contribution in [0, 0.1) is 5.41 Å². The monoisotopic (exact) mass is 310 g/mol. The third-order valence-corrected chi connectivity index (χ3v) is 4.03. The highest BCUT2D eigenvalue weighted by Crippen LogP contribution is 2.36. The normalized spacial score (nSPS) is 12.2. The van der Waals surface area contributed by atoms with Crippen molar-refractivity contribution >= 4 is 5.78 Å². The van der Waals surface area contributed by atoms with Crippen LogP contribution in [0.4, 0.5) is 0 Å². The molecule has 0 aliphatic heterocycles. The molecule has 122 valence electrons. The highest BCUT2D eigenvalue weighted by atomic mass is 16.3. The molecule has 23 heavy (non-hydrogen) atoms. The zero-order valence-electron chi connectivity index (χ0n) is 14.7. The van der Waals surface area contributed by atoms with Crippen LogP contribution < -0.4 is 0 Å². The summed E-state index contributed by atoms with van der Waals surface area (Å²) in [4.78, 5) is 12.7. The summed E-state index contributed by atoms with van der Waals surface area (Å²) in [5, 5.41) is 9.90. The van der Waals surface area contributed by atoms with Crippen molar-refractivity contribution in [1.82, 2.24) is 0 Å². The maximum Gasteiger partial charge on any atom is 0.196 e. The van der Waals surface area contributed by atoms with Gasteiger partial charge in [0.25, 0.3) is 0 Å². The van der Waals surface area contributed by atoms with Gasteiger partial charge >= 0.3 is 0 Å². The predicted molar refractivity (Wildman–Crippen MR) is 95.1 cm³/mol. The van der Waals surface area contributed by atoms with Crippen LogP contribution in [0.25, 0.3) is 0 Å². The maximum atomic E-state index is 12.7. The molecule has 0 radical (unpaired) electrons. The second-order valence-corrected chi connectivity index (χ2v) is 8.05. The Kier molecular flexibility index (Phi) is 4.65. The second kappa shape index (κ2) is 6.19. The number of hydrogen-bond donors (Lipinski definition) is 1. The van der Waals surface area contributed by atoms with Gasteiger partial charge < -0.3 is 5.11 Å². The lowest BCUT2D eigenvalue weighted by Gasteiger charge is -2.33. The van der Waals surface area contributed by atoms with Gasteiger partial charge in [-0.15, -0.1) is 0 Å². The Balaban J connectivity index is 2.37. The number of phenolic OH excluding ortho intramolecular Hbond substituents is 1. The summed E-state index contributed by atoms with van der Waals surface area (Å²) in [5.74, 6) is -0.117. The van der Waals surface area contributed by atoms with Crippen molar-refractivity contribution in [3.05, 3.63) is 65.2 Å². The molecule has 0 bridgehead atoms. The van der Waals surface area contributed by atoms with Crippen molar-refractivity contribution in [2.75, 3.05) is 0 Å². The molecule has 0 atom stereocenters. The smallest absolute Gasteiger partial charge is 0.196 e. The van der Waals surface area contributed by atoms with Crippen LogP contribution in [-0.2, 0) is 5.41 Å². The van der Waals surface area contributed by atoms with E-state index < -0.39 is 0 Å². The number of aromatic hydroxyl groups is 1. The number of para-hydroxylation sites is 1. The molecule has 2 nitrogen and oxygen atoms in total. The van der Waals surface area contributed by atoms with Crippen LogP contribution in [0.5, 0.6) is 5.75 Å². The van der Waals surface area contributed by atoms with E-state index >= 15 is 0 Å². The number of rotatable bonds is 4. The average molecular weight is 310 g/mol. The maximum absolute atomic E-state index is 12.7. The van der Waals surface area contributed by atoms with E-state index in [1.807, 2.05) is 18.2 Å². The predicted octanol–water partition coefficient (Wildman–Crippen LogP) is 5.34. The van der Waals surface area contributed by atoms with E-state index in [1.54, 1.807) is 24.3 Å². The van der Waals surface area contributed by atoms with Gasteiger partial charge in [0.2, 0.25) is 0 Å². The molecular weight excluding hydrogens is 284 g/mol. The lowest BCUT2D eigenvalue weighted by atomic mass is 9.72. The molecule has 2 aromatic rings. The van der Waals surface area contributed by atoms with Crippen molar-refractivity contribution < 1.29 is 9.90 Å². The third-order valence-electron chi connectivity index (χ3n) is 4.03. The fraction of sp³-hybridized carbons (Fsp3) is 0.381. The summed E-state index contributed by atoms with van der Waals surface area (Å²) in [5.41, 5.74) is 2.30. The first-order valence-corrected chi connectivity index (χ1v) is 8.03. The largest absolute Gasteiger partial charge is 0.507 e. The van der Waals surface area contributed by atoms with Gasteiger partial charge in [0.15, 0.2) is 5.78 Å². The van der Waals surface area contributed by atoms with E-state index in [2.05, 4.69) is 40.7 Å². The molecule has 0 aliphatic rings. The van der Waals surface area contributed by atoms with E-state index in [-0.39, 0.29) is 22.4 Å². The van der Waals surface area contributed by atoms with E-state index in [9.17, 15) is 9.90 Å². The molecule has 2 rings (SSSR count). The van der Waals surface area contributed by atoms with Crippen LogP contribution in [0.1, 0.15) is 62.5 Å². The first-order valence-electron chi connectivity index (χ1n) is 8.03. The van der Waals surface area contributed by atoms with Crippen LogP contribution in [0.2, 0.25) is 0 Å². The molecule has 2 aromatic carbocycles. The van der Waals surface area contributed by atoms with Crippen molar-refractivity contribution in [2.24, 2.45) is 5.41 Å². The lowest BCUT2D eigenvalue weighted by molar-refractivity contribution is 0.103. The molecule has 0 amide bonds. The SMILES string of the molecule is CC(C)(C)CC(C)(C)c1cccc(C(=O)c2ccccc2O)c1. The van der Waals surface area contributed by atoms with Crippen molar-refractivity contribution in [3.8, 4) is 5.75 Å². The molecule has 0 fully saturated rings. The Bertz CT molecular complexity index is 706. The Labute approximate surface area is 139 Å². The van der Waals surface area contributed by atoms with Gasteiger partial charge in [0.1, 0.15) is 5.75 Å². The van der Waals surface area contributed by atoms with E-state index in [0.717, 1.165) is 12.0 Å².